The second-order valence-corrected chi connectivity index (χ2v) is 4.44. The van der Waals surface area contributed by atoms with E-state index in [1.54, 1.807) is 0 Å². The lowest BCUT2D eigenvalue weighted by atomic mass is 10.1. The Morgan fingerprint density at radius 2 is 2.23 bits per heavy atom. The van der Waals surface area contributed by atoms with Gasteiger partial charge in [0.15, 0.2) is 0 Å². The van der Waals surface area contributed by atoms with Crippen LogP contribution in [0.1, 0.15) is 18.0 Å². The van der Waals surface area contributed by atoms with Gasteiger partial charge in [0.25, 0.3) is 0 Å². The van der Waals surface area contributed by atoms with E-state index < -0.39 is 0 Å². The largest absolute Gasteiger partial charge is 0.396 e. The van der Waals surface area contributed by atoms with E-state index >= 15 is 0 Å². The Labute approximate surface area is 96.2 Å². The van der Waals surface area contributed by atoms with Crippen LogP contribution in [0, 0.1) is 3.57 Å². The molecule has 0 aliphatic heterocycles. The topological polar surface area (TPSA) is 46.2 Å². The average Bonchev–Trinajstić information content (AvgIpc) is 2.09. The van der Waals surface area contributed by atoms with Crippen LogP contribution in [0.2, 0.25) is 5.02 Å². The van der Waals surface area contributed by atoms with Gasteiger partial charge in [-0.25, -0.2) is 0 Å². The third-order valence-corrected chi connectivity index (χ3v) is 2.81. The minimum absolute atomic E-state index is 0.0863. The summed E-state index contributed by atoms with van der Waals surface area (Å²) in [5.74, 6) is 0. The molecule has 1 unspecified atom stereocenters. The maximum atomic E-state index is 8.73. The second-order valence-electron chi connectivity index (χ2n) is 2.78. The van der Waals surface area contributed by atoms with E-state index in [1.165, 1.54) is 0 Å². The van der Waals surface area contributed by atoms with Crippen molar-refractivity contribution in [3.63, 3.8) is 0 Å². The molecule has 0 aliphatic rings. The number of halogens is 2. The predicted molar refractivity (Wildman–Crippen MR) is 62.8 cm³/mol. The molecular formula is C9H11ClINO. The summed E-state index contributed by atoms with van der Waals surface area (Å²) < 4.78 is 1.10. The Morgan fingerprint density at radius 3 is 2.85 bits per heavy atom. The van der Waals surface area contributed by atoms with Crippen LogP contribution in [0.4, 0.5) is 0 Å². The minimum atomic E-state index is -0.174. The molecule has 0 heterocycles. The molecule has 2 nitrogen and oxygen atoms in total. The van der Waals surface area contributed by atoms with Crippen molar-refractivity contribution in [1.29, 1.82) is 0 Å². The molecule has 0 saturated heterocycles. The van der Waals surface area contributed by atoms with E-state index in [4.69, 9.17) is 22.4 Å². The van der Waals surface area contributed by atoms with Crippen LogP contribution in [-0.2, 0) is 0 Å². The van der Waals surface area contributed by atoms with E-state index in [-0.39, 0.29) is 12.6 Å². The molecule has 0 aromatic heterocycles. The first-order chi connectivity index (χ1) is 6.15. The van der Waals surface area contributed by atoms with Crippen LogP contribution in [0.15, 0.2) is 18.2 Å². The first kappa shape index (κ1) is 11.2. The number of hydrogen-bond donors (Lipinski definition) is 2. The van der Waals surface area contributed by atoms with E-state index in [2.05, 4.69) is 22.6 Å². The Balaban J connectivity index is 2.91. The normalized spacial score (nSPS) is 12.9. The summed E-state index contributed by atoms with van der Waals surface area (Å²) in [6.45, 7) is 0.0863. The molecule has 0 bridgehead atoms. The van der Waals surface area contributed by atoms with E-state index in [1.807, 2.05) is 18.2 Å². The van der Waals surface area contributed by atoms with Crippen LogP contribution < -0.4 is 5.73 Å². The van der Waals surface area contributed by atoms with Gasteiger partial charge in [0.2, 0.25) is 0 Å². The summed E-state index contributed by atoms with van der Waals surface area (Å²) in [5.41, 5.74) is 6.73. The summed E-state index contributed by atoms with van der Waals surface area (Å²) in [5, 5.41) is 9.40. The third-order valence-electron chi connectivity index (χ3n) is 1.80. The average molecular weight is 312 g/mol. The van der Waals surface area contributed by atoms with Gasteiger partial charge in [-0.2, -0.15) is 0 Å². The fourth-order valence-corrected chi connectivity index (χ4v) is 1.87. The van der Waals surface area contributed by atoms with Gasteiger partial charge in [-0.05, 0) is 52.8 Å². The second kappa shape index (κ2) is 5.14. The van der Waals surface area contributed by atoms with Crippen molar-refractivity contribution in [3.8, 4) is 0 Å². The van der Waals surface area contributed by atoms with Gasteiger partial charge in [0, 0.05) is 21.2 Å². The third kappa shape index (κ3) is 3.09. The van der Waals surface area contributed by atoms with Crippen molar-refractivity contribution in [1.82, 2.24) is 0 Å². The van der Waals surface area contributed by atoms with Crippen molar-refractivity contribution in [2.45, 2.75) is 12.5 Å². The summed E-state index contributed by atoms with van der Waals surface area (Å²) in [6.07, 6.45) is 0.541. The fraction of sp³-hybridized carbons (Fsp3) is 0.333. The maximum absolute atomic E-state index is 8.73. The van der Waals surface area contributed by atoms with Crippen molar-refractivity contribution in [3.05, 3.63) is 32.4 Å². The van der Waals surface area contributed by atoms with Gasteiger partial charge >= 0.3 is 0 Å². The quantitative estimate of drug-likeness (QED) is 0.842. The molecule has 72 valence electrons. The van der Waals surface area contributed by atoms with Crippen molar-refractivity contribution in [2.24, 2.45) is 5.73 Å². The molecule has 0 fully saturated rings. The molecule has 3 N–H and O–H groups in total. The highest BCUT2D eigenvalue weighted by Gasteiger charge is 2.09. The number of rotatable bonds is 3. The molecule has 0 aliphatic carbocycles. The highest BCUT2D eigenvalue weighted by atomic mass is 127. The van der Waals surface area contributed by atoms with E-state index in [0.29, 0.717) is 11.4 Å². The van der Waals surface area contributed by atoms with Gasteiger partial charge in [0.05, 0.1) is 0 Å². The highest BCUT2D eigenvalue weighted by Crippen LogP contribution is 2.25. The molecule has 13 heavy (non-hydrogen) atoms. The molecule has 1 rings (SSSR count). The van der Waals surface area contributed by atoms with Crippen LogP contribution in [0.5, 0.6) is 0 Å². The number of hydrogen-bond acceptors (Lipinski definition) is 2. The van der Waals surface area contributed by atoms with Crippen LogP contribution in [0.3, 0.4) is 0 Å². The fourth-order valence-electron chi connectivity index (χ4n) is 1.09. The molecular weight excluding hydrogens is 300 g/mol. The van der Waals surface area contributed by atoms with Gasteiger partial charge in [-0.3, -0.25) is 0 Å². The smallest absolute Gasteiger partial charge is 0.0454 e. The lowest BCUT2D eigenvalue weighted by Gasteiger charge is -2.12. The monoisotopic (exact) mass is 311 g/mol. The number of nitrogens with two attached hydrogens (primary N) is 1. The van der Waals surface area contributed by atoms with Crippen LogP contribution >= 0.6 is 34.2 Å². The highest BCUT2D eigenvalue weighted by molar-refractivity contribution is 14.1. The van der Waals surface area contributed by atoms with Crippen LogP contribution in [0.25, 0.3) is 0 Å². The molecule has 4 heteroatoms. The predicted octanol–water partition coefficient (Wildman–Crippen LogP) is 2.33. The number of aliphatic hydroxyl groups is 1. The Bertz CT molecular complexity index is 293. The molecule has 0 saturated carbocycles. The van der Waals surface area contributed by atoms with Crippen LogP contribution in [-0.4, -0.2) is 11.7 Å². The molecule has 1 aromatic rings. The SMILES string of the molecule is NC(CCO)c1cc(I)ccc1Cl. The van der Waals surface area contributed by atoms with Crippen molar-refractivity contribution >= 4 is 34.2 Å². The van der Waals surface area contributed by atoms with Crippen molar-refractivity contribution < 1.29 is 5.11 Å². The zero-order chi connectivity index (χ0) is 9.84. The summed E-state index contributed by atoms with van der Waals surface area (Å²) in [7, 11) is 0. The van der Waals surface area contributed by atoms with Gasteiger partial charge in [0.1, 0.15) is 0 Å². The summed E-state index contributed by atoms with van der Waals surface area (Å²) >= 11 is 8.17. The summed E-state index contributed by atoms with van der Waals surface area (Å²) in [6, 6.07) is 5.53. The van der Waals surface area contributed by atoms with Crippen molar-refractivity contribution in [2.75, 3.05) is 6.61 Å². The molecule has 0 spiro atoms. The van der Waals surface area contributed by atoms with Gasteiger partial charge in [-0.15, -0.1) is 0 Å². The zero-order valence-corrected chi connectivity index (χ0v) is 9.92. The number of aliphatic hydroxyl groups excluding tert-OH is 1. The lowest BCUT2D eigenvalue weighted by Crippen LogP contribution is -2.12. The Hall–Kier alpha value is 0.160. The zero-order valence-electron chi connectivity index (χ0n) is 7.00. The molecule has 1 aromatic carbocycles. The molecule has 0 radical (unpaired) electrons. The Kier molecular flexibility index (Phi) is 4.45. The van der Waals surface area contributed by atoms with E-state index in [9.17, 15) is 0 Å². The first-order valence-electron chi connectivity index (χ1n) is 3.96. The molecule has 0 amide bonds. The van der Waals surface area contributed by atoms with Gasteiger partial charge < -0.3 is 10.8 Å². The Morgan fingerprint density at radius 1 is 1.54 bits per heavy atom. The number of benzene rings is 1. The summed E-state index contributed by atoms with van der Waals surface area (Å²) in [4.78, 5) is 0. The van der Waals surface area contributed by atoms with Gasteiger partial charge in [-0.1, -0.05) is 11.6 Å². The van der Waals surface area contributed by atoms with E-state index in [0.717, 1.165) is 9.13 Å². The maximum Gasteiger partial charge on any atom is 0.0454 e. The lowest BCUT2D eigenvalue weighted by molar-refractivity contribution is 0.276. The minimum Gasteiger partial charge on any atom is -0.396 e. The standard InChI is InChI=1S/C9H11ClINO/c10-8-2-1-6(11)5-7(8)9(12)3-4-13/h1-2,5,9,13H,3-4,12H2. The first-order valence-corrected chi connectivity index (χ1v) is 5.42. The molecule has 1 atom stereocenters.